The Kier molecular flexibility index (Phi) is 4.50. The van der Waals surface area contributed by atoms with Gasteiger partial charge in [0.25, 0.3) is 0 Å². The van der Waals surface area contributed by atoms with Gasteiger partial charge in [0.05, 0.1) is 6.61 Å². The number of rotatable bonds is 4. The van der Waals surface area contributed by atoms with E-state index in [4.69, 9.17) is 5.11 Å². The molecule has 0 saturated carbocycles. The molecule has 2 heterocycles. The van der Waals surface area contributed by atoms with E-state index in [0.29, 0.717) is 12.5 Å². The molecule has 0 spiro atoms. The number of hydrogen-bond donors (Lipinski definition) is 2. The minimum Gasteiger partial charge on any atom is -0.395 e. The van der Waals surface area contributed by atoms with E-state index < -0.39 is 0 Å². The fourth-order valence-electron chi connectivity index (χ4n) is 2.52. The van der Waals surface area contributed by atoms with E-state index in [1.165, 1.54) is 19.3 Å². The molecule has 5 nitrogen and oxygen atoms in total. The molecule has 0 radical (unpaired) electrons. The van der Waals surface area contributed by atoms with Crippen molar-refractivity contribution < 1.29 is 5.11 Å². The zero-order valence-electron chi connectivity index (χ0n) is 10.5. The SMILES string of the molecule is Cc1nnc(CC2CCCNCC2)n1CCO. The zero-order valence-corrected chi connectivity index (χ0v) is 10.5. The summed E-state index contributed by atoms with van der Waals surface area (Å²) in [6.45, 7) is 4.95. The summed E-state index contributed by atoms with van der Waals surface area (Å²) in [6, 6.07) is 0. The number of nitrogens with one attached hydrogen (secondary N) is 1. The standard InChI is InChI=1S/C12H22N4O/c1-10-14-15-12(16(10)7-8-17)9-11-3-2-5-13-6-4-11/h11,13,17H,2-9H2,1H3. The molecule has 1 aromatic heterocycles. The Morgan fingerprint density at radius 2 is 2.24 bits per heavy atom. The fourth-order valence-corrected chi connectivity index (χ4v) is 2.52. The highest BCUT2D eigenvalue weighted by molar-refractivity contribution is 4.96. The van der Waals surface area contributed by atoms with Gasteiger partial charge in [0.1, 0.15) is 11.6 Å². The molecule has 1 atom stereocenters. The lowest BCUT2D eigenvalue weighted by molar-refractivity contribution is 0.271. The molecule has 2 N–H and O–H groups in total. The Balaban J connectivity index is 2.01. The van der Waals surface area contributed by atoms with Gasteiger partial charge in [-0.1, -0.05) is 0 Å². The van der Waals surface area contributed by atoms with Crippen LogP contribution in [-0.4, -0.2) is 39.6 Å². The Labute approximate surface area is 102 Å². The van der Waals surface area contributed by atoms with Crippen molar-refractivity contribution >= 4 is 0 Å². The third-order valence-electron chi connectivity index (χ3n) is 3.50. The van der Waals surface area contributed by atoms with Gasteiger partial charge in [-0.25, -0.2) is 0 Å². The molecule has 0 bridgehead atoms. The summed E-state index contributed by atoms with van der Waals surface area (Å²) >= 11 is 0. The first-order chi connectivity index (χ1) is 8.31. The highest BCUT2D eigenvalue weighted by Gasteiger charge is 2.16. The molecule has 1 fully saturated rings. The van der Waals surface area contributed by atoms with Crippen LogP contribution in [0.1, 0.15) is 30.9 Å². The molecular formula is C12H22N4O. The van der Waals surface area contributed by atoms with Gasteiger partial charge < -0.3 is 15.0 Å². The maximum Gasteiger partial charge on any atom is 0.133 e. The first kappa shape index (κ1) is 12.5. The van der Waals surface area contributed by atoms with Crippen LogP contribution in [0.2, 0.25) is 0 Å². The molecule has 96 valence electrons. The Morgan fingerprint density at radius 1 is 1.35 bits per heavy atom. The molecule has 0 aromatic carbocycles. The summed E-state index contributed by atoms with van der Waals surface area (Å²) in [5.74, 6) is 2.63. The van der Waals surface area contributed by atoms with Crippen LogP contribution in [0.5, 0.6) is 0 Å². The van der Waals surface area contributed by atoms with Crippen LogP contribution in [0, 0.1) is 12.8 Å². The number of aryl methyl sites for hydroxylation is 1. The molecule has 17 heavy (non-hydrogen) atoms. The molecule has 1 aliphatic heterocycles. The average molecular weight is 238 g/mol. The van der Waals surface area contributed by atoms with Crippen LogP contribution in [0.4, 0.5) is 0 Å². The second-order valence-electron chi connectivity index (χ2n) is 4.79. The summed E-state index contributed by atoms with van der Waals surface area (Å²) in [4.78, 5) is 0. The van der Waals surface area contributed by atoms with Gasteiger partial charge >= 0.3 is 0 Å². The van der Waals surface area contributed by atoms with Crippen molar-refractivity contribution in [3.8, 4) is 0 Å². The van der Waals surface area contributed by atoms with Gasteiger partial charge in [0.2, 0.25) is 0 Å². The Morgan fingerprint density at radius 3 is 3.06 bits per heavy atom. The molecule has 0 amide bonds. The molecule has 1 aromatic rings. The molecule has 1 saturated heterocycles. The number of nitrogens with zero attached hydrogens (tertiary/aromatic N) is 3. The predicted octanol–water partition coefficient (Wildman–Crippen LogP) is 0.511. The quantitative estimate of drug-likeness (QED) is 0.802. The van der Waals surface area contributed by atoms with Crippen molar-refractivity contribution in [1.29, 1.82) is 0 Å². The van der Waals surface area contributed by atoms with E-state index in [1.807, 2.05) is 11.5 Å². The van der Waals surface area contributed by atoms with Crippen molar-refractivity contribution in [3.63, 3.8) is 0 Å². The van der Waals surface area contributed by atoms with Crippen LogP contribution >= 0.6 is 0 Å². The van der Waals surface area contributed by atoms with Crippen molar-refractivity contribution in [1.82, 2.24) is 20.1 Å². The highest BCUT2D eigenvalue weighted by atomic mass is 16.3. The minimum atomic E-state index is 0.151. The van der Waals surface area contributed by atoms with E-state index in [1.54, 1.807) is 0 Å². The van der Waals surface area contributed by atoms with Gasteiger partial charge in [-0.3, -0.25) is 0 Å². The summed E-state index contributed by atoms with van der Waals surface area (Å²) in [5, 5.41) is 20.8. The lowest BCUT2D eigenvalue weighted by Crippen LogP contribution is -2.16. The maximum absolute atomic E-state index is 9.05. The molecule has 2 rings (SSSR count). The second-order valence-corrected chi connectivity index (χ2v) is 4.79. The smallest absolute Gasteiger partial charge is 0.133 e. The van der Waals surface area contributed by atoms with Gasteiger partial charge in [0.15, 0.2) is 0 Å². The Bertz CT molecular complexity index is 342. The summed E-state index contributed by atoms with van der Waals surface area (Å²) in [7, 11) is 0. The lowest BCUT2D eigenvalue weighted by Gasteiger charge is -2.14. The van der Waals surface area contributed by atoms with Crippen LogP contribution in [0.25, 0.3) is 0 Å². The normalized spacial score (nSPS) is 21.4. The average Bonchev–Trinajstić information content (AvgIpc) is 2.57. The Hall–Kier alpha value is -0.940. The highest BCUT2D eigenvalue weighted by Crippen LogP contribution is 2.18. The number of hydrogen-bond acceptors (Lipinski definition) is 4. The monoisotopic (exact) mass is 238 g/mol. The minimum absolute atomic E-state index is 0.151. The largest absolute Gasteiger partial charge is 0.395 e. The first-order valence-electron chi connectivity index (χ1n) is 6.51. The van der Waals surface area contributed by atoms with Crippen molar-refractivity contribution in [2.75, 3.05) is 19.7 Å². The van der Waals surface area contributed by atoms with Crippen molar-refractivity contribution in [2.45, 2.75) is 39.2 Å². The number of aliphatic hydroxyl groups excluding tert-OH is 1. The summed E-state index contributed by atoms with van der Waals surface area (Å²) < 4.78 is 2.04. The fraction of sp³-hybridized carbons (Fsp3) is 0.833. The van der Waals surface area contributed by atoms with Gasteiger partial charge in [-0.2, -0.15) is 0 Å². The summed E-state index contributed by atoms with van der Waals surface area (Å²) in [5.41, 5.74) is 0. The van der Waals surface area contributed by atoms with Crippen LogP contribution in [0.3, 0.4) is 0 Å². The second kappa shape index (κ2) is 6.12. The number of aliphatic hydroxyl groups is 1. The molecule has 0 aliphatic carbocycles. The van der Waals surface area contributed by atoms with E-state index in [2.05, 4.69) is 15.5 Å². The van der Waals surface area contributed by atoms with Crippen molar-refractivity contribution in [2.24, 2.45) is 5.92 Å². The van der Waals surface area contributed by atoms with E-state index in [0.717, 1.165) is 31.2 Å². The third kappa shape index (κ3) is 3.26. The van der Waals surface area contributed by atoms with Crippen LogP contribution in [-0.2, 0) is 13.0 Å². The third-order valence-corrected chi connectivity index (χ3v) is 3.50. The van der Waals surface area contributed by atoms with Gasteiger partial charge in [-0.05, 0) is 45.2 Å². The van der Waals surface area contributed by atoms with Crippen molar-refractivity contribution in [3.05, 3.63) is 11.6 Å². The van der Waals surface area contributed by atoms with Gasteiger partial charge in [-0.15, -0.1) is 10.2 Å². The zero-order chi connectivity index (χ0) is 12.1. The van der Waals surface area contributed by atoms with E-state index in [-0.39, 0.29) is 6.61 Å². The van der Waals surface area contributed by atoms with Gasteiger partial charge in [0, 0.05) is 13.0 Å². The van der Waals surface area contributed by atoms with Crippen LogP contribution in [0.15, 0.2) is 0 Å². The van der Waals surface area contributed by atoms with E-state index >= 15 is 0 Å². The van der Waals surface area contributed by atoms with Crippen LogP contribution < -0.4 is 5.32 Å². The first-order valence-corrected chi connectivity index (χ1v) is 6.51. The topological polar surface area (TPSA) is 63.0 Å². The summed E-state index contributed by atoms with van der Waals surface area (Å²) in [6.07, 6.45) is 4.71. The van der Waals surface area contributed by atoms with E-state index in [9.17, 15) is 0 Å². The predicted molar refractivity (Wildman–Crippen MR) is 65.8 cm³/mol. The number of aromatic nitrogens is 3. The molecule has 1 unspecified atom stereocenters. The molecular weight excluding hydrogens is 216 g/mol. The molecule has 5 heteroatoms. The maximum atomic E-state index is 9.05. The molecule has 1 aliphatic rings. The lowest BCUT2D eigenvalue weighted by atomic mass is 9.96.